The molecule has 0 bridgehead atoms. The fourth-order valence-electron chi connectivity index (χ4n) is 0.217. The molecule has 0 fully saturated rings. The maximum atomic E-state index is 7.92. The topological polar surface area (TPSA) is 23.8 Å². The summed E-state index contributed by atoms with van der Waals surface area (Å²) in [6, 6.07) is 1.87. The van der Waals surface area contributed by atoms with Crippen LogP contribution in [0.5, 0.6) is 0 Å². The molecule has 1 heteroatoms. The van der Waals surface area contributed by atoms with E-state index in [1.54, 1.807) is 12.2 Å². The van der Waals surface area contributed by atoms with Crippen LogP contribution in [0.2, 0.25) is 0 Å². The molecule has 0 aliphatic heterocycles. The van der Waals surface area contributed by atoms with Gasteiger partial charge in [0.1, 0.15) is 0 Å². The third kappa shape index (κ3) is 4.97. The molecule has 0 saturated carbocycles. The second-order valence-electron chi connectivity index (χ2n) is 1.06. The zero-order valence-corrected chi connectivity index (χ0v) is 4.09. The van der Waals surface area contributed by atoms with Gasteiger partial charge in [0.05, 0.1) is 6.07 Å². The summed E-state index contributed by atoms with van der Waals surface area (Å²) < 4.78 is 0. The molecule has 0 rings (SSSR count). The molecule has 0 aromatic rings. The predicted octanol–water partition coefficient (Wildman–Crippen LogP) is 1.64. The summed E-state index contributed by atoms with van der Waals surface area (Å²) in [6.45, 7) is 3.47. The second kappa shape index (κ2) is 4.97. The van der Waals surface area contributed by atoms with E-state index in [1.165, 1.54) is 6.08 Å². The Balaban J connectivity index is 3.14. The summed E-state index contributed by atoms with van der Waals surface area (Å²) in [5, 5.41) is 7.92. The van der Waals surface area contributed by atoms with Gasteiger partial charge >= 0.3 is 0 Å². The fourth-order valence-corrected chi connectivity index (χ4v) is 0.217. The normalized spacial score (nSPS) is 8.43. The predicted molar refractivity (Wildman–Crippen MR) is 29.6 cm³/mol. The highest BCUT2D eigenvalue weighted by molar-refractivity contribution is 5.03. The van der Waals surface area contributed by atoms with Crippen molar-refractivity contribution >= 4 is 0 Å². The monoisotopic (exact) mass is 93.1 g/mol. The van der Waals surface area contributed by atoms with Gasteiger partial charge in [0.2, 0.25) is 0 Å². The zero-order valence-electron chi connectivity index (χ0n) is 4.09. The first kappa shape index (κ1) is 5.97. The quantitative estimate of drug-likeness (QED) is 0.376. The van der Waals surface area contributed by atoms with Crippen molar-refractivity contribution in [2.24, 2.45) is 0 Å². The molecule has 0 amide bonds. The van der Waals surface area contributed by atoms with Crippen LogP contribution in [0.1, 0.15) is 6.42 Å². The third-order valence-corrected chi connectivity index (χ3v) is 0.495. The molecule has 0 radical (unpaired) electrons. The molecule has 36 valence electrons. The molecule has 0 spiro atoms. The number of nitrogens with zero attached hydrogens (tertiary/aromatic N) is 1. The van der Waals surface area contributed by atoms with Gasteiger partial charge in [0.25, 0.3) is 0 Å². The van der Waals surface area contributed by atoms with Crippen molar-refractivity contribution in [2.75, 3.05) is 0 Å². The Kier molecular flexibility index (Phi) is 4.24. The standard InChI is InChI=1S/C6H7N/c1-2-3-4-5-6-7/h2,4-5H,1,3H2/b5-4+. The van der Waals surface area contributed by atoms with Crippen molar-refractivity contribution in [3.8, 4) is 6.07 Å². The van der Waals surface area contributed by atoms with Crippen LogP contribution in [-0.2, 0) is 0 Å². The first-order valence-electron chi connectivity index (χ1n) is 2.07. The second-order valence-corrected chi connectivity index (χ2v) is 1.06. The van der Waals surface area contributed by atoms with E-state index in [4.69, 9.17) is 5.26 Å². The van der Waals surface area contributed by atoms with E-state index < -0.39 is 0 Å². The average molecular weight is 93.1 g/mol. The maximum Gasteiger partial charge on any atom is 0.0908 e. The molecule has 0 aromatic heterocycles. The van der Waals surface area contributed by atoms with Gasteiger partial charge in [-0.25, -0.2) is 0 Å². The van der Waals surface area contributed by atoms with E-state index in [1.807, 2.05) is 6.07 Å². The van der Waals surface area contributed by atoms with E-state index in [9.17, 15) is 0 Å². The van der Waals surface area contributed by atoms with Crippen molar-refractivity contribution < 1.29 is 0 Å². The van der Waals surface area contributed by atoms with Gasteiger partial charge in [0.15, 0.2) is 0 Å². The van der Waals surface area contributed by atoms with Crippen LogP contribution in [0.3, 0.4) is 0 Å². The highest BCUT2D eigenvalue weighted by Crippen LogP contribution is 1.79. The summed E-state index contributed by atoms with van der Waals surface area (Å²) in [6.07, 6.45) is 5.73. The lowest BCUT2D eigenvalue weighted by Crippen LogP contribution is -1.50. The molecule has 0 aromatic carbocycles. The molecule has 0 N–H and O–H groups in total. The Morgan fingerprint density at radius 1 is 1.71 bits per heavy atom. The summed E-state index contributed by atoms with van der Waals surface area (Å²) in [4.78, 5) is 0. The van der Waals surface area contributed by atoms with E-state index >= 15 is 0 Å². The Hall–Kier alpha value is -1.03. The number of nitriles is 1. The van der Waals surface area contributed by atoms with Crippen molar-refractivity contribution in [2.45, 2.75) is 6.42 Å². The maximum absolute atomic E-state index is 7.92. The minimum atomic E-state index is 0.785. The smallest absolute Gasteiger partial charge is 0.0908 e. The van der Waals surface area contributed by atoms with Crippen LogP contribution in [0.25, 0.3) is 0 Å². The van der Waals surface area contributed by atoms with Crippen molar-refractivity contribution in [1.82, 2.24) is 0 Å². The van der Waals surface area contributed by atoms with Gasteiger partial charge in [-0.2, -0.15) is 5.26 Å². The molecule has 0 saturated heterocycles. The summed E-state index contributed by atoms with van der Waals surface area (Å²) in [5.74, 6) is 0. The number of rotatable bonds is 2. The lowest BCUT2D eigenvalue weighted by molar-refractivity contribution is 1.40. The van der Waals surface area contributed by atoms with E-state index in [-0.39, 0.29) is 0 Å². The third-order valence-electron chi connectivity index (χ3n) is 0.495. The van der Waals surface area contributed by atoms with E-state index in [0.717, 1.165) is 6.42 Å². The fraction of sp³-hybridized carbons (Fsp3) is 0.167. The Bertz CT molecular complexity index is 106. The zero-order chi connectivity index (χ0) is 5.54. The van der Waals surface area contributed by atoms with Crippen molar-refractivity contribution in [1.29, 1.82) is 5.26 Å². The van der Waals surface area contributed by atoms with Crippen molar-refractivity contribution in [3.63, 3.8) is 0 Å². The lowest BCUT2D eigenvalue weighted by atomic mass is 10.4. The van der Waals surface area contributed by atoms with E-state index in [2.05, 4.69) is 6.58 Å². The minimum Gasteiger partial charge on any atom is -0.193 e. The largest absolute Gasteiger partial charge is 0.193 e. The van der Waals surface area contributed by atoms with Gasteiger partial charge in [-0.3, -0.25) is 0 Å². The summed E-state index contributed by atoms with van der Waals surface area (Å²) in [7, 11) is 0. The molecule has 0 aliphatic carbocycles. The van der Waals surface area contributed by atoms with Gasteiger partial charge < -0.3 is 0 Å². The summed E-state index contributed by atoms with van der Waals surface area (Å²) >= 11 is 0. The van der Waals surface area contributed by atoms with Crippen LogP contribution >= 0.6 is 0 Å². The SMILES string of the molecule is C=CC/C=C/C#N. The number of allylic oxidation sites excluding steroid dienone is 3. The molecule has 0 unspecified atom stereocenters. The van der Waals surface area contributed by atoms with Gasteiger partial charge in [-0.15, -0.1) is 6.58 Å². The first-order valence-corrected chi connectivity index (χ1v) is 2.07. The van der Waals surface area contributed by atoms with Crippen LogP contribution in [-0.4, -0.2) is 0 Å². The molecule has 0 aliphatic rings. The first-order chi connectivity index (χ1) is 3.41. The average Bonchev–Trinajstić information content (AvgIpc) is 1.69. The van der Waals surface area contributed by atoms with Crippen LogP contribution in [0.15, 0.2) is 24.8 Å². The molecule has 7 heavy (non-hydrogen) atoms. The van der Waals surface area contributed by atoms with Gasteiger partial charge in [-0.05, 0) is 6.42 Å². The number of hydrogen-bond donors (Lipinski definition) is 0. The van der Waals surface area contributed by atoms with Crippen LogP contribution < -0.4 is 0 Å². The van der Waals surface area contributed by atoms with E-state index in [0.29, 0.717) is 0 Å². The molecular weight excluding hydrogens is 86.1 g/mol. The van der Waals surface area contributed by atoms with Gasteiger partial charge in [-0.1, -0.05) is 12.2 Å². The summed E-state index contributed by atoms with van der Waals surface area (Å²) in [5.41, 5.74) is 0. The molecular formula is C6H7N. The molecule has 0 heterocycles. The Morgan fingerprint density at radius 2 is 2.43 bits per heavy atom. The highest BCUT2D eigenvalue weighted by Gasteiger charge is 1.61. The van der Waals surface area contributed by atoms with Crippen molar-refractivity contribution in [3.05, 3.63) is 24.8 Å². The molecule has 0 atom stereocenters. The Morgan fingerprint density at radius 3 is 2.86 bits per heavy atom. The van der Waals surface area contributed by atoms with Crippen LogP contribution in [0.4, 0.5) is 0 Å². The highest BCUT2D eigenvalue weighted by atomic mass is 14.2. The molecule has 1 nitrogen and oxygen atoms in total. The Labute approximate surface area is 43.6 Å². The number of hydrogen-bond acceptors (Lipinski definition) is 1. The van der Waals surface area contributed by atoms with Crippen LogP contribution in [0, 0.1) is 11.3 Å². The lowest BCUT2D eigenvalue weighted by Gasteiger charge is -1.68. The van der Waals surface area contributed by atoms with Gasteiger partial charge in [0, 0.05) is 6.08 Å². The minimum absolute atomic E-state index is 0.785.